The Balaban J connectivity index is 1.84. The Labute approximate surface area is 149 Å². The minimum Gasteiger partial charge on any atom is -0.425 e. The van der Waals surface area contributed by atoms with Crippen LogP contribution in [0.3, 0.4) is 0 Å². The number of non-ortho nitro benzene ring substituents is 1. The molecule has 0 fully saturated rings. The number of nitro groups is 1. The van der Waals surface area contributed by atoms with Gasteiger partial charge in [-0.1, -0.05) is 0 Å². The van der Waals surface area contributed by atoms with E-state index in [4.69, 9.17) is 4.74 Å². The lowest BCUT2D eigenvalue weighted by molar-refractivity contribution is -0.384. The quantitative estimate of drug-likeness (QED) is 0.612. The van der Waals surface area contributed by atoms with Gasteiger partial charge in [0.15, 0.2) is 11.8 Å². The zero-order valence-electron chi connectivity index (χ0n) is 14.5. The molecule has 26 heavy (non-hydrogen) atoms. The normalized spacial score (nSPS) is 22.5. The van der Waals surface area contributed by atoms with E-state index in [1.165, 1.54) is 6.07 Å². The maximum Gasteiger partial charge on any atom is 0.269 e. The zero-order chi connectivity index (χ0) is 18.2. The molecule has 0 saturated carbocycles. The van der Waals surface area contributed by atoms with Gasteiger partial charge in [-0.25, -0.2) is 0 Å². The number of fused-ring (bicyclic) bond motifs is 4. The Kier molecular flexibility index (Phi) is 2.80. The third kappa shape index (κ3) is 1.61. The van der Waals surface area contributed by atoms with Gasteiger partial charge in [-0.15, -0.1) is 0 Å². The van der Waals surface area contributed by atoms with Crippen LogP contribution in [0.15, 0.2) is 41.1 Å². The van der Waals surface area contributed by atoms with Crippen LogP contribution >= 0.6 is 0 Å². The van der Waals surface area contributed by atoms with Crippen molar-refractivity contribution < 1.29 is 14.5 Å². The van der Waals surface area contributed by atoms with Crippen LogP contribution in [0.5, 0.6) is 0 Å². The van der Waals surface area contributed by atoms with Crippen LogP contribution in [0, 0.1) is 10.1 Å². The molecule has 1 aromatic rings. The first-order valence-electron chi connectivity index (χ1n) is 8.62. The predicted molar refractivity (Wildman–Crippen MR) is 93.0 cm³/mol. The van der Waals surface area contributed by atoms with E-state index in [2.05, 4.69) is 5.32 Å². The molecular weight excluding hydrogens is 336 g/mol. The molecule has 1 N–H and O–H groups in total. The molecule has 5 rings (SSSR count). The first kappa shape index (κ1) is 15.2. The standard InChI is InChI=1S/C18H18N4O4/c1-20-7-5-11-15(20)26-16-12(6-8-21(16)2)18(11)13-9-10(22(24)25)3-4-14(13)19-17(18)23/h3-4,9H,5-8H2,1-2H3,(H,19,23). The van der Waals surface area contributed by atoms with E-state index < -0.39 is 10.3 Å². The number of benzene rings is 1. The summed E-state index contributed by atoms with van der Waals surface area (Å²) in [7, 11) is 3.88. The Hall–Kier alpha value is -3.03. The molecule has 1 spiro atoms. The molecule has 0 saturated heterocycles. The minimum absolute atomic E-state index is 0.00637. The van der Waals surface area contributed by atoms with Gasteiger partial charge in [0.25, 0.3) is 5.69 Å². The summed E-state index contributed by atoms with van der Waals surface area (Å²) in [5.74, 6) is 1.26. The van der Waals surface area contributed by atoms with Gasteiger partial charge < -0.3 is 19.9 Å². The lowest BCUT2D eigenvalue weighted by atomic mass is 9.67. The van der Waals surface area contributed by atoms with Crippen molar-refractivity contribution in [1.82, 2.24) is 9.80 Å². The van der Waals surface area contributed by atoms with Crippen LogP contribution in [0.2, 0.25) is 0 Å². The van der Waals surface area contributed by atoms with Crippen molar-refractivity contribution in [3.05, 3.63) is 56.8 Å². The molecular formula is C18H18N4O4. The molecule has 0 atom stereocenters. The van der Waals surface area contributed by atoms with Gasteiger partial charge >= 0.3 is 0 Å². The Morgan fingerprint density at radius 3 is 2.35 bits per heavy atom. The van der Waals surface area contributed by atoms with E-state index in [1.807, 2.05) is 23.9 Å². The molecule has 1 amide bonds. The molecule has 4 heterocycles. The number of carbonyl (C=O) groups excluding carboxylic acids is 1. The van der Waals surface area contributed by atoms with Crippen LogP contribution in [-0.4, -0.2) is 47.8 Å². The molecule has 0 unspecified atom stereocenters. The summed E-state index contributed by atoms with van der Waals surface area (Å²) in [5.41, 5.74) is 2.13. The highest BCUT2D eigenvalue weighted by Gasteiger charge is 2.60. The Morgan fingerprint density at radius 2 is 1.77 bits per heavy atom. The van der Waals surface area contributed by atoms with E-state index in [0.29, 0.717) is 35.9 Å². The summed E-state index contributed by atoms with van der Waals surface area (Å²) in [6, 6.07) is 4.61. The van der Waals surface area contributed by atoms with Gasteiger partial charge in [0, 0.05) is 61.7 Å². The van der Waals surface area contributed by atoms with Crippen LogP contribution in [-0.2, 0) is 14.9 Å². The Morgan fingerprint density at radius 1 is 1.15 bits per heavy atom. The lowest BCUT2D eigenvalue weighted by Crippen LogP contribution is -2.41. The monoisotopic (exact) mass is 354 g/mol. The molecule has 134 valence electrons. The van der Waals surface area contributed by atoms with E-state index in [-0.39, 0.29) is 11.6 Å². The van der Waals surface area contributed by atoms with Crippen molar-refractivity contribution in [3.8, 4) is 0 Å². The third-order valence-electron chi connectivity index (χ3n) is 5.91. The van der Waals surface area contributed by atoms with Crippen molar-refractivity contribution in [2.75, 3.05) is 32.5 Å². The Bertz CT molecular complexity index is 915. The van der Waals surface area contributed by atoms with Gasteiger partial charge in [0.05, 0.1) is 4.92 Å². The number of nitrogens with zero attached hydrogens (tertiary/aromatic N) is 3. The number of nitro benzene ring substituents is 1. The maximum absolute atomic E-state index is 13.3. The minimum atomic E-state index is -1.00. The van der Waals surface area contributed by atoms with Gasteiger partial charge in [0.1, 0.15) is 5.41 Å². The van der Waals surface area contributed by atoms with E-state index in [0.717, 1.165) is 24.2 Å². The number of carbonyl (C=O) groups is 1. The fourth-order valence-corrected chi connectivity index (χ4v) is 4.69. The number of hydrogen-bond donors (Lipinski definition) is 1. The number of amides is 1. The molecule has 1 aromatic carbocycles. The second-order valence-electron chi connectivity index (χ2n) is 7.20. The molecule has 0 radical (unpaired) electrons. The number of rotatable bonds is 1. The zero-order valence-corrected chi connectivity index (χ0v) is 14.5. The number of anilines is 1. The average molecular weight is 354 g/mol. The van der Waals surface area contributed by atoms with Crippen LogP contribution < -0.4 is 5.32 Å². The molecule has 8 nitrogen and oxygen atoms in total. The van der Waals surface area contributed by atoms with Crippen molar-refractivity contribution >= 4 is 17.3 Å². The highest BCUT2D eigenvalue weighted by molar-refractivity contribution is 6.11. The molecule has 4 aliphatic heterocycles. The van der Waals surface area contributed by atoms with Gasteiger partial charge in [0.2, 0.25) is 5.91 Å². The maximum atomic E-state index is 13.3. The topological polar surface area (TPSA) is 88.0 Å². The van der Waals surface area contributed by atoms with Gasteiger partial charge in [-0.05, 0) is 18.9 Å². The van der Waals surface area contributed by atoms with Crippen LogP contribution in [0.1, 0.15) is 18.4 Å². The lowest BCUT2D eigenvalue weighted by Gasteiger charge is -2.36. The van der Waals surface area contributed by atoms with E-state index in [1.54, 1.807) is 12.1 Å². The highest BCUT2D eigenvalue weighted by Crippen LogP contribution is 2.57. The van der Waals surface area contributed by atoms with E-state index in [9.17, 15) is 14.9 Å². The van der Waals surface area contributed by atoms with Crippen LogP contribution in [0.25, 0.3) is 0 Å². The number of ether oxygens (including phenoxy) is 1. The first-order chi connectivity index (χ1) is 12.4. The van der Waals surface area contributed by atoms with Gasteiger partial charge in [-0.2, -0.15) is 0 Å². The average Bonchev–Trinajstić information content (AvgIpc) is 3.25. The van der Waals surface area contributed by atoms with Crippen molar-refractivity contribution in [1.29, 1.82) is 0 Å². The smallest absolute Gasteiger partial charge is 0.269 e. The summed E-state index contributed by atoms with van der Waals surface area (Å²) < 4.78 is 6.18. The molecule has 0 aromatic heterocycles. The van der Waals surface area contributed by atoms with Crippen molar-refractivity contribution in [2.24, 2.45) is 0 Å². The first-order valence-corrected chi connectivity index (χ1v) is 8.62. The summed E-state index contributed by atoms with van der Waals surface area (Å²) >= 11 is 0. The van der Waals surface area contributed by atoms with Gasteiger partial charge in [-0.3, -0.25) is 14.9 Å². The molecule has 4 aliphatic rings. The predicted octanol–water partition coefficient (Wildman–Crippen LogP) is 1.91. The fourth-order valence-electron chi connectivity index (χ4n) is 4.69. The summed E-state index contributed by atoms with van der Waals surface area (Å²) in [6.45, 7) is 1.52. The molecule has 0 bridgehead atoms. The van der Waals surface area contributed by atoms with Crippen molar-refractivity contribution in [3.63, 3.8) is 0 Å². The molecule has 0 aliphatic carbocycles. The van der Waals surface area contributed by atoms with E-state index >= 15 is 0 Å². The molecule has 8 heteroatoms. The third-order valence-corrected chi connectivity index (χ3v) is 5.91. The summed E-state index contributed by atoms with van der Waals surface area (Å²) in [6.07, 6.45) is 1.39. The fraction of sp³-hybridized carbons (Fsp3) is 0.389. The van der Waals surface area contributed by atoms with Crippen molar-refractivity contribution in [2.45, 2.75) is 18.3 Å². The SMILES string of the molecule is CN1CCC2=C1OC1=C(CCN1C)C21C(=O)Nc2ccc([N+](=O)[O-])cc21. The summed E-state index contributed by atoms with van der Waals surface area (Å²) in [4.78, 5) is 28.3. The van der Waals surface area contributed by atoms with Crippen LogP contribution in [0.4, 0.5) is 11.4 Å². The summed E-state index contributed by atoms with van der Waals surface area (Å²) in [5, 5.41) is 14.3. The highest BCUT2D eigenvalue weighted by atomic mass is 16.6. The number of nitrogens with one attached hydrogen (secondary N) is 1. The largest absolute Gasteiger partial charge is 0.425 e. The second-order valence-corrected chi connectivity index (χ2v) is 7.20. The second kappa shape index (κ2) is 4.78. The number of hydrogen-bond acceptors (Lipinski definition) is 6.